The molecule has 0 heterocycles. The average Bonchev–Trinajstić information content (AvgIpc) is 2.92. The maximum atomic E-state index is 13.9. The second-order valence-corrected chi connectivity index (χ2v) is 12.3. The third-order valence-corrected chi connectivity index (χ3v) is 7.21. The Bertz CT molecular complexity index is 1270. The first kappa shape index (κ1) is 31.2. The lowest BCUT2D eigenvalue weighted by Gasteiger charge is -2.32. The van der Waals surface area contributed by atoms with Gasteiger partial charge >= 0.3 is 0 Å². The van der Waals surface area contributed by atoms with Crippen molar-refractivity contribution in [2.24, 2.45) is 5.92 Å². The second kappa shape index (κ2) is 14.4. The van der Waals surface area contributed by atoms with Crippen LogP contribution in [0.1, 0.15) is 51.3 Å². The van der Waals surface area contributed by atoms with Crippen LogP contribution in [0.3, 0.4) is 0 Å². The normalized spacial score (nSPS) is 12.1. The first-order valence-corrected chi connectivity index (χ1v) is 14.4. The first-order chi connectivity index (χ1) is 19.0. The lowest BCUT2D eigenvalue weighted by molar-refractivity contribution is -0.142. The summed E-state index contributed by atoms with van der Waals surface area (Å²) in [4.78, 5) is 29.1. The Balaban J connectivity index is 1.92. The molecule has 0 fully saturated rings. The van der Waals surface area contributed by atoms with Crippen molar-refractivity contribution in [2.75, 3.05) is 20.3 Å². The van der Waals surface area contributed by atoms with Gasteiger partial charge in [0.25, 0.3) is 5.91 Å². The van der Waals surface area contributed by atoms with Gasteiger partial charge in [0.2, 0.25) is 5.91 Å². The fourth-order valence-corrected chi connectivity index (χ4v) is 4.74. The van der Waals surface area contributed by atoms with Gasteiger partial charge in [-0.2, -0.15) is 0 Å². The van der Waals surface area contributed by atoms with E-state index in [0.29, 0.717) is 24.5 Å². The molecular weight excluding hydrogens is 568 g/mol. The van der Waals surface area contributed by atoms with Crippen molar-refractivity contribution >= 4 is 27.7 Å². The molecule has 0 spiro atoms. The fraction of sp³-hybridized carbons (Fsp3) is 0.394. The van der Waals surface area contributed by atoms with Gasteiger partial charge in [-0.15, -0.1) is 0 Å². The molecule has 214 valence electrons. The van der Waals surface area contributed by atoms with E-state index < -0.39 is 6.04 Å². The third kappa shape index (κ3) is 9.12. The molecule has 1 unspecified atom stereocenters. The lowest BCUT2D eigenvalue weighted by atomic mass is 9.87. The zero-order valence-corrected chi connectivity index (χ0v) is 26.0. The number of hydrogen-bond donors (Lipinski definition) is 1. The topological polar surface area (TPSA) is 67.9 Å². The summed E-state index contributed by atoms with van der Waals surface area (Å²) < 4.78 is 12.2. The van der Waals surface area contributed by atoms with Gasteiger partial charge in [0.05, 0.1) is 11.6 Å². The van der Waals surface area contributed by atoms with Gasteiger partial charge in [0.15, 0.2) is 6.61 Å². The highest BCUT2D eigenvalue weighted by Crippen LogP contribution is 2.31. The van der Waals surface area contributed by atoms with E-state index in [1.54, 1.807) is 12.0 Å². The molecule has 3 rings (SSSR count). The van der Waals surface area contributed by atoms with Gasteiger partial charge in [0, 0.05) is 19.5 Å². The Morgan fingerprint density at radius 1 is 0.950 bits per heavy atom. The number of benzene rings is 3. The Hall–Kier alpha value is -3.32. The summed E-state index contributed by atoms with van der Waals surface area (Å²) in [6.45, 7) is 11.1. The minimum Gasteiger partial charge on any atom is -0.497 e. The van der Waals surface area contributed by atoms with Crippen LogP contribution in [0.25, 0.3) is 0 Å². The number of ether oxygens (including phenoxy) is 2. The summed E-state index contributed by atoms with van der Waals surface area (Å²) in [6.07, 6.45) is 0.379. The number of nitrogens with one attached hydrogen (secondary N) is 1. The van der Waals surface area contributed by atoms with Gasteiger partial charge in [-0.25, -0.2) is 0 Å². The molecule has 40 heavy (non-hydrogen) atoms. The van der Waals surface area contributed by atoms with Crippen molar-refractivity contribution in [2.45, 2.75) is 59.0 Å². The van der Waals surface area contributed by atoms with Crippen LogP contribution in [0.15, 0.2) is 77.3 Å². The highest BCUT2D eigenvalue weighted by molar-refractivity contribution is 9.10. The molecule has 0 saturated carbocycles. The van der Waals surface area contributed by atoms with Crippen LogP contribution in [-0.4, -0.2) is 43.0 Å². The monoisotopic (exact) mass is 608 g/mol. The van der Waals surface area contributed by atoms with E-state index in [-0.39, 0.29) is 36.3 Å². The molecule has 7 heteroatoms. The maximum Gasteiger partial charge on any atom is 0.261 e. The third-order valence-electron chi connectivity index (χ3n) is 6.59. The summed E-state index contributed by atoms with van der Waals surface area (Å²) in [5, 5.41) is 3.04. The smallest absolute Gasteiger partial charge is 0.261 e. The molecule has 0 aliphatic rings. The summed E-state index contributed by atoms with van der Waals surface area (Å²) in [5.41, 5.74) is 2.97. The molecular formula is C33H41BrN2O4. The lowest BCUT2D eigenvalue weighted by Crippen LogP contribution is -2.52. The quantitative estimate of drug-likeness (QED) is 0.253. The van der Waals surface area contributed by atoms with Gasteiger partial charge in [-0.3, -0.25) is 9.59 Å². The Labute approximate surface area is 247 Å². The van der Waals surface area contributed by atoms with Gasteiger partial charge < -0.3 is 19.7 Å². The van der Waals surface area contributed by atoms with Gasteiger partial charge in [-0.05, 0) is 68.2 Å². The number of methoxy groups -OCH3 is 1. The maximum absolute atomic E-state index is 13.9. The van der Waals surface area contributed by atoms with E-state index in [1.165, 1.54) is 0 Å². The molecule has 1 atom stereocenters. The molecule has 0 radical (unpaired) electrons. The van der Waals surface area contributed by atoms with Crippen LogP contribution in [0.5, 0.6) is 11.5 Å². The minimum absolute atomic E-state index is 0.0155. The first-order valence-electron chi connectivity index (χ1n) is 13.6. The zero-order chi connectivity index (χ0) is 29.3. The average molecular weight is 610 g/mol. The predicted octanol–water partition coefficient (Wildman–Crippen LogP) is 6.55. The van der Waals surface area contributed by atoms with Gasteiger partial charge in [-0.1, -0.05) is 83.1 Å². The fourth-order valence-electron chi connectivity index (χ4n) is 4.25. The SMILES string of the molecule is COc1cccc(CN(C(=O)COc2ccc(C(C)(C)C)cc2Br)C(Cc2ccccc2)C(=O)NCC(C)C)c1. The molecule has 2 amide bonds. The number of carbonyl (C=O) groups excluding carboxylic acids is 2. The largest absolute Gasteiger partial charge is 0.497 e. The zero-order valence-electron chi connectivity index (χ0n) is 24.4. The van der Waals surface area contributed by atoms with Crippen LogP contribution in [0.4, 0.5) is 0 Å². The van der Waals surface area contributed by atoms with Crippen molar-refractivity contribution < 1.29 is 19.1 Å². The van der Waals surface area contributed by atoms with Crippen LogP contribution in [-0.2, 0) is 28.0 Å². The second-order valence-electron chi connectivity index (χ2n) is 11.4. The van der Waals surface area contributed by atoms with Crippen LogP contribution >= 0.6 is 15.9 Å². The highest BCUT2D eigenvalue weighted by atomic mass is 79.9. The molecule has 3 aromatic rings. The minimum atomic E-state index is -0.727. The summed E-state index contributed by atoms with van der Waals surface area (Å²) in [5.74, 6) is 1.07. The Morgan fingerprint density at radius 3 is 2.27 bits per heavy atom. The molecule has 0 saturated heterocycles. The van der Waals surface area contributed by atoms with Crippen LogP contribution in [0.2, 0.25) is 0 Å². The number of amides is 2. The summed E-state index contributed by atoms with van der Waals surface area (Å²) in [7, 11) is 1.61. The molecule has 0 aromatic heterocycles. The predicted molar refractivity (Wildman–Crippen MR) is 164 cm³/mol. The molecule has 1 N–H and O–H groups in total. The summed E-state index contributed by atoms with van der Waals surface area (Å²) in [6, 6.07) is 22.5. The van der Waals surface area contributed by atoms with E-state index in [2.05, 4.69) is 42.0 Å². The molecule has 0 bridgehead atoms. The number of carbonyl (C=O) groups is 2. The highest BCUT2D eigenvalue weighted by Gasteiger charge is 2.31. The van der Waals surface area contributed by atoms with Crippen LogP contribution < -0.4 is 14.8 Å². The van der Waals surface area contributed by atoms with E-state index in [9.17, 15) is 9.59 Å². The number of halogens is 1. The van der Waals surface area contributed by atoms with Crippen molar-refractivity contribution in [3.8, 4) is 11.5 Å². The number of nitrogens with zero attached hydrogens (tertiary/aromatic N) is 1. The van der Waals surface area contributed by atoms with E-state index in [0.717, 1.165) is 21.2 Å². The van der Waals surface area contributed by atoms with E-state index in [4.69, 9.17) is 9.47 Å². The van der Waals surface area contributed by atoms with Crippen molar-refractivity contribution in [3.63, 3.8) is 0 Å². The Kier molecular flexibility index (Phi) is 11.2. The van der Waals surface area contributed by atoms with Gasteiger partial charge in [0.1, 0.15) is 17.5 Å². The Morgan fingerprint density at radius 2 is 1.65 bits per heavy atom. The molecule has 6 nitrogen and oxygen atoms in total. The van der Waals surface area contributed by atoms with E-state index in [1.807, 2.05) is 86.6 Å². The summed E-state index contributed by atoms with van der Waals surface area (Å²) >= 11 is 3.60. The molecule has 3 aromatic carbocycles. The van der Waals surface area contributed by atoms with Crippen molar-refractivity contribution in [1.29, 1.82) is 0 Å². The van der Waals surface area contributed by atoms with Crippen molar-refractivity contribution in [1.82, 2.24) is 10.2 Å². The standard InChI is InChI=1S/C33H41BrN2O4/c1-23(2)20-35-32(38)29(18-24-11-8-7-9-12-24)36(21-25-13-10-14-27(17-25)39-6)31(37)22-40-30-16-15-26(19-28(30)34)33(3,4)5/h7-17,19,23,29H,18,20-22H2,1-6H3,(H,35,38). The number of rotatable bonds is 12. The number of hydrogen-bond acceptors (Lipinski definition) is 4. The van der Waals surface area contributed by atoms with Crippen LogP contribution in [0, 0.1) is 5.92 Å². The molecule has 0 aliphatic heterocycles. The van der Waals surface area contributed by atoms with E-state index >= 15 is 0 Å². The molecule has 0 aliphatic carbocycles. The van der Waals surface area contributed by atoms with Crippen molar-refractivity contribution in [3.05, 3.63) is 94.0 Å².